The second-order valence-corrected chi connectivity index (χ2v) is 4.47. The van der Waals surface area contributed by atoms with Crippen LogP contribution in [0.15, 0.2) is 24.3 Å². The van der Waals surface area contributed by atoms with Crippen molar-refractivity contribution in [3.05, 3.63) is 29.8 Å². The molecule has 0 radical (unpaired) electrons. The zero-order valence-corrected chi connectivity index (χ0v) is 10.8. The van der Waals surface area contributed by atoms with E-state index in [-0.39, 0.29) is 5.75 Å². The van der Waals surface area contributed by atoms with Gasteiger partial charge in [0.1, 0.15) is 11.8 Å². The van der Waals surface area contributed by atoms with Crippen LogP contribution in [0, 0.1) is 0 Å². The van der Waals surface area contributed by atoms with Crippen molar-refractivity contribution in [1.82, 2.24) is 10.2 Å². The number of rotatable bonds is 7. The van der Waals surface area contributed by atoms with E-state index < -0.39 is 12.0 Å². The van der Waals surface area contributed by atoms with E-state index in [9.17, 15) is 9.90 Å². The molecule has 18 heavy (non-hydrogen) atoms. The Balaban J connectivity index is 2.55. The van der Waals surface area contributed by atoms with E-state index >= 15 is 0 Å². The minimum atomic E-state index is -0.912. The molecule has 0 aliphatic rings. The van der Waals surface area contributed by atoms with Gasteiger partial charge in [-0.25, -0.2) is 0 Å². The van der Waals surface area contributed by atoms with Crippen LogP contribution in [0.3, 0.4) is 0 Å². The van der Waals surface area contributed by atoms with Crippen molar-refractivity contribution in [3.8, 4) is 5.75 Å². The van der Waals surface area contributed by atoms with Gasteiger partial charge in [0.2, 0.25) is 0 Å². The maximum Gasteiger partial charge on any atom is 0.325 e. The molecule has 5 heteroatoms. The van der Waals surface area contributed by atoms with Crippen molar-refractivity contribution >= 4 is 5.97 Å². The molecule has 1 aromatic rings. The first-order valence-corrected chi connectivity index (χ1v) is 5.90. The second-order valence-electron chi connectivity index (χ2n) is 4.47. The summed E-state index contributed by atoms with van der Waals surface area (Å²) in [4.78, 5) is 13.2. The molecule has 0 aliphatic carbocycles. The minimum Gasteiger partial charge on any atom is -0.508 e. The van der Waals surface area contributed by atoms with Gasteiger partial charge in [0.25, 0.3) is 0 Å². The molecule has 0 aromatic heterocycles. The van der Waals surface area contributed by atoms with Gasteiger partial charge in [0.05, 0.1) is 0 Å². The smallest absolute Gasteiger partial charge is 0.325 e. The summed E-state index contributed by atoms with van der Waals surface area (Å²) in [5.74, 6) is -0.777. The van der Waals surface area contributed by atoms with E-state index in [0.29, 0.717) is 12.1 Å². The molecular weight excluding hydrogens is 232 g/mol. The van der Waals surface area contributed by atoms with Crippen molar-refractivity contribution in [2.45, 2.75) is 12.5 Å². The van der Waals surface area contributed by atoms with E-state index in [1.165, 1.54) is 12.1 Å². The highest BCUT2D eigenvalue weighted by molar-refractivity contribution is 5.75. The largest absolute Gasteiger partial charge is 0.508 e. The Morgan fingerprint density at radius 2 is 1.94 bits per heavy atom. The number of carboxylic acids is 1. The maximum absolute atomic E-state index is 11.2. The molecule has 5 nitrogen and oxygen atoms in total. The molecule has 0 spiro atoms. The molecule has 1 atom stereocenters. The Morgan fingerprint density at radius 3 is 2.44 bits per heavy atom. The fourth-order valence-electron chi connectivity index (χ4n) is 1.66. The first-order chi connectivity index (χ1) is 8.50. The van der Waals surface area contributed by atoms with Crippen LogP contribution in [-0.2, 0) is 4.79 Å². The SMILES string of the molecule is CN(C)CCCNC(C(=O)O)c1ccc(O)cc1. The molecule has 0 heterocycles. The summed E-state index contributed by atoms with van der Waals surface area (Å²) in [5.41, 5.74) is 0.644. The van der Waals surface area contributed by atoms with Crippen LogP contribution < -0.4 is 5.32 Å². The molecule has 1 aromatic carbocycles. The molecule has 1 unspecified atom stereocenters. The van der Waals surface area contributed by atoms with Crippen molar-refractivity contribution in [1.29, 1.82) is 0 Å². The van der Waals surface area contributed by atoms with Crippen LogP contribution >= 0.6 is 0 Å². The first-order valence-electron chi connectivity index (χ1n) is 5.90. The van der Waals surface area contributed by atoms with Crippen molar-refractivity contribution in [3.63, 3.8) is 0 Å². The molecule has 100 valence electrons. The zero-order valence-electron chi connectivity index (χ0n) is 10.8. The summed E-state index contributed by atoms with van der Waals surface area (Å²) in [7, 11) is 3.96. The van der Waals surface area contributed by atoms with Crippen molar-refractivity contribution in [2.75, 3.05) is 27.2 Å². The first kappa shape index (κ1) is 14.5. The highest BCUT2D eigenvalue weighted by Crippen LogP contribution is 2.17. The van der Waals surface area contributed by atoms with Crippen LogP contribution in [0.5, 0.6) is 5.75 Å². The van der Waals surface area contributed by atoms with Crippen LogP contribution in [0.1, 0.15) is 18.0 Å². The van der Waals surface area contributed by atoms with E-state index in [2.05, 4.69) is 10.2 Å². The molecule has 0 saturated heterocycles. The van der Waals surface area contributed by atoms with Gasteiger partial charge in [0, 0.05) is 0 Å². The maximum atomic E-state index is 11.2. The number of phenols is 1. The predicted molar refractivity (Wildman–Crippen MR) is 69.7 cm³/mol. The number of aliphatic carboxylic acids is 1. The molecule has 1 rings (SSSR count). The second kappa shape index (κ2) is 6.98. The number of hydrogen-bond acceptors (Lipinski definition) is 4. The van der Waals surface area contributed by atoms with Crippen LogP contribution in [0.25, 0.3) is 0 Å². The average molecular weight is 252 g/mol. The molecule has 0 bridgehead atoms. The Hall–Kier alpha value is -1.59. The number of carbonyl (C=O) groups is 1. The number of nitrogens with zero attached hydrogens (tertiary/aromatic N) is 1. The number of hydrogen-bond donors (Lipinski definition) is 3. The van der Waals surface area contributed by atoms with E-state index in [0.717, 1.165) is 13.0 Å². The standard InChI is InChI=1S/C13H20N2O3/c1-15(2)9-3-8-14-12(13(17)18)10-4-6-11(16)7-5-10/h4-7,12,14,16H,3,8-9H2,1-2H3,(H,17,18). The third-order valence-corrected chi connectivity index (χ3v) is 2.60. The van der Waals surface area contributed by atoms with Crippen LogP contribution in [-0.4, -0.2) is 48.3 Å². The molecule has 0 aliphatic heterocycles. The summed E-state index contributed by atoms with van der Waals surface area (Å²) in [6.45, 7) is 1.55. The Morgan fingerprint density at radius 1 is 1.33 bits per heavy atom. The van der Waals surface area contributed by atoms with Crippen LogP contribution in [0.2, 0.25) is 0 Å². The summed E-state index contributed by atoms with van der Waals surface area (Å²) in [6, 6.07) is 5.49. The predicted octanol–water partition coefficient (Wildman–Crippen LogP) is 1.06. The van der Waals surface area contributed by atoms with E-state index in [1.54, 1.807) is 12.1 Å². The fraction of sp³-hybridized carbons (Fsp3) is 0.462. The quantitative estimate of drug-likeness (QED) is 0.633. The van der Waals surface area contributed by atoms with Gasteiger partial charge >= 0.3 is 5.97 Å². The molecule has 0 saturated carbocycles. The number of aromatic hydroxyl groups is 1. The lowest BCUT2D eigenvalue weighted by molar-refractivity contribution is -0.139. The highest BCUT2D eigenvalue weighted by atomic mass is 16.4. The van der Waals surface area contributed by atoms with Crippen molar-refractivity contribution < 1.29 is 15.0 Å². The Kier molecular flexibility index (Phi) is 5.61. The molecule has 0 fully saturated rings. The number of carboxylic acid groups (broad SMARTS) is 1. The minimum absolute atomic E-state index is 0.135. The number of nitrogens with one attached hydrogen (secondary N) is 1. The normalized spacial score (nSPS) is 12.6. The lowest BCUT2D eigenvalue weighted by Gasteiger charge is -2.16. The van der Waals surface area contributed by atoms with E-state index in [1.807, 2.05) is 14.1 Å². The van der Waals surface area contributed by atoms with Crippen molar-refractivity contribution in [2.24, 2.45) is 0 Å². The van der Waals surface area contributed by atoms with Gasteiger partial charge < -0.3 is 20.4 Å². The van der Waals surface area contributed by atoms with Gasteiger partial charge in [0.15, 0.2) is 0 Å². The van der Waals surface area contributed by atoms with Gasteiger partial charge in [-0.1, -0.05) is 12.1 Å². The molecular formula is C13H20N2O3. The highest BCUT2D eigenvalue weighted by Gasteiger charge is 2.18. The van der Waals surface area contributed by atoms with Gasteiger partial charge in [-0.15, -0.1) is 0 Å². The summed E-state index contributed by atoms with van der Waals surface area (Å²) >= 11 is 0. The lowest BCUT2D eigenvalue weighted by atomic mass is 10.1. The number of phenolic OH excluding ortho intramolecular Hbond substituents is 1. The van der Waals surface area contributed by atoms with Gasteiger partial charge in [-0.05, 0) is 51.3 Å². The summed E-state index contributed by atoms with van der Waals surface area (Å²) in [5, 5.41) is 21.4. The van der Waals surface area contributed by atoms with Gasteiger partial charge in [-0.3, -0.25) is 4.79 Å². The number of benzene rings is 1. The molecule has 3 N–H and O–H groups in total. The summed E-state index contributed by atoms with van der Waals surface area (Å²) < 4.78 is 0. The average Bonchev–Trinajstić information content (AvgIpc) is 2.30. The Labute approximate surface area is 107 Å². The Bertz CT molecular complexity index is 376. The monoisotopic (exact) mass is 252 g/mol. The third kappa shape index (κ3) is 4.73. The third-order valence-electron chi connectivity index (χ3n) is 2.60. The van der Waals surface area contributed by atoms with Gasteiger partial charge in [-0.2, -0.15) is 0 Å². The zero-order chi connectivity index (χ0) is 13.5. The molecule has 0 amide bonds. The van der Waals surface area contributed by atoms with E-state index in [4.69, 9.17) is 5.11 Å². The fourth-order valence-corrected chi connectivity index (χ4v) is 1.66. The lowest BCUT2D eigenvalue weighted by Crippen LogP contribution is -2.30. The van der Waals surface area contributed by atoms with Crippen LogP contribution in [0.4, 0.5) is 0 Å². The topological polar surface area (TPSA) is 72.8 Å². The summed E-state index contributed by atoms with van der Waals surface area (Å²) in [6.07, 6.45) is 0.884.